The quantitative estimate of drug-likeness (QED) is 0.724. The van der Waals surface area contributed by atoms with Crippen molar-refractivity contribution in [2.45, 2.75) is 6.54 Å². The molecule has 0 aliphatic heterocycles. The first-order valence-electron chi connectivity index (χ1n) is 4.89. The summed E-state index contributed by atoms with van der Waals surface area (Å²) in [7, 11) is 0. The van der Waals surface area contributed by atoms with Crippen LogP contribution in [0.5, 0.6) is 5.75 Å². The van der Waals surface area contributed by atoms with Crippen molar-refractivity contribution in [2.75, 3.05) is 0 Å². The lowest BCUT2D eigenvalue weighted by Crippen LogP contribution is -2.23. The van der Waals surface area contributed by atoms with Crippen LogP contribution in [0.25, 0.3) is 0 Å². The van der Waals surface area contributed by atoms with Gasteiger partial charge in [0, 0.05) is 12.3 Å². The predicted molar refractivity (Wildman–Crippen MR) is 58.6 cm³/mol. The summed E-state index contributed by atoms with van der Waals surface area (Å²) in [5.41, 5.74) is -0.457. The molecule has 0 spiro atoms. The zero-order chi connectivity index (χ0) is 12.3. The molecule has 3 N–H and O–H groups in total. The van der Waals surface area contributed by atoms with E-state index < -0.39 is 11.5 Å². The number of rotatable bonds is 3. The fourth-order valence-electron chi connectivity index (χ4n) is 1.32. The topological polar surface area (TPSA) is 95.3 Å². The second-order valence-electron chi connectivity index (χ2n) is 3.36. The lowest BCUT2D eigenvalue weighted by Gasteiger charge is -2.04. The molecule has 2 heterocycles. The third kappa shape index (κ3) is 2.54. The number of aromatic nitrogens is 1. The largest absolute Gasteiger partial charge is 0.507 e. The zero-order valence-electron chi connectivity index (χ0n) is 8.77. The average Bonchev–Trinajstić information content (AvgIpc) is 2.78. The van der Waals surface area contributed by atoms with Crippen LogP contribution in [0.1, 0.15) is 16.1 Å². The summed E-state index contributed by atoms with van der Waals surface area (Å²) in [6, 6.07) is 4.37. The predicted octanol–water partition coefficient (Wildman–Crippen LogP) is 0.603. The van der Waals surface area contributed by atoms with Crippen LogP contribution in [0.4, 0.5) is 0 Å². The van der Waals surface area contributed by atoms with E-state index in [1.807, 2.05) is 0 Å². The molecule has 0 saturated heterocycles. The monoisotopic (exact) mass is 234 g/mol. The fourth-order valence-corrected chi connectivity index (χ4v) is 1.32. The highest BCUT2D eigenvalue weighted by atomic mass is 16.3. The molecule has 0 aliphatic carbocycles. The molecule has 6 nitrogen and oxygen atoms in total. The molecule has 0 aliphatic rings. The molecule has 6 heteroatoms. The minimum atomic E-state index is -0.491. The van der Waals surface area contributed by atoms with Gasteiger partial charge in [-0.15, -0.1) is 0 Å². The molecule has 0 atom stereocenters. The average molecular weight is 234 g/mol. The smallest absolute Gasteiger partial charge is 0.256 e. The number of carbonyl (C=O) groups excluding carboxylic acids is 1. The fraction of sp³-hybridized carbons (Fsp3) is 0.0909. The Kier molecular flexibility index (Phi) is 2.95. The second-order valence-corrected chi connectivity index (χ2v) is 3.36. The van der Waals surface area contributed by atoms with Crippen LogP contribution in [-0.4, -0.2) is 16.0 Å². The minimum absolute atomic E-state index is 0.0103. The molecular weight excluding hydrogens is 224 g/mol. The van der Waals surface area contributed by atoms with Gasteiger partial charge in [0.05, 0.1) is 18.4 Å². The number of pyridine rings is 1. The summed E-state index contributed by atoms with van der Waals surface area (Å²) in [5.74, 6) is -0.247. The molecule has 0 unspecified atom stereocenters. The Morgan fingerprint density at radius 1 is 1.53 bits per heavy atom. The number of furan rings is 1. The lowest BCUT2D eigenvalue weighted by molar-refractivity contribution is 0.0945. The molecule has 0 bridgehead atoms. The minimum Gasteiger partial charge on any atom is -0.507 e. The Labute approximate surface area is 95.9 Å². The van der Waals surface area contributed by atoms with Gasteiger partial charge in [0.15, 0.2) is 0 Å². The highest BCUT2D eigenvalue weighted by Crippen LogP contribution is 2.11. The van der Waals surface area contributed by atoms with E-state index in [0.29, 0.717) is 5.76 Å². The van der Waals surface area contributed by atoms with Gasteiger partial charge >= 0.3 is 0 Å². The maximum atomic E-state index is 11.6. The molecule has 0 radical (unpaired) electrons. The van der Waals surface area contributed by atoms with E-state index in [2.05, 4.69) is 10.3 Å². The molecule has 0 aromatic carbocycles. The first-order chi connectivity index (χ1) is 8.16. The van der Waals surface area contributed by atoms with Crippen LogP contribution in [0.2, 0.25) is 0 Å². The van der Waals surface area contributed by atoms with Crippen LogP contribution in [-0.2, 0) is 6.54 Å². The number of H-pyrrole nitrogens is 1. The Bertz CT molecular complexity index is 571. The van der Waals surface area contributed by atoms with Crippen molar-refractivity contribution in [3.8, 4) is 5.75 Å². The molecule has 2 aromatic rings. The highest BCUT2D eigenvalue weighted by Gasteiger charge is 2.11. The van der Waals surface area contributed by atoms with Crippen molar-refractivity contribution < 1.29 is 14.3 Å². The van der Waals surface area contributed by atoms with Gasteiger partial charge in [-0.05, 0) is 12.1 Å². The van der Waals surface area contributed by atoms with E-state index in [-0.39, 0.29) is 17.9 Å². The van der Waals surface area contributed by atoms with Crippen LogP contribution < -0.4 is 10.9 Å². The summed E-state index contributed by atoms with van der Waals surface area (Å²) in [4.78, 5) is 24.8. The number of aromatic hydroxyl groups is 1. The van der Waals surface area contributed by atoms with Crippen molar-refractivity contribution >= 4 is 5.91 Å². The van der Waals surface area contributed by atoms with Gasteiger partial charge in [0.1, 0.15) is 11.5 Å². The third-order valence-corrected chi connectivity index (χ3v) is 2.15. The van der Waals surface area contributed by atoms with E-state index >= 15 is 0 Å². The maximum absolute atomic E-state index is 11.6. The van der Waals surface area contributed by atoms with E-state index in [9.17, 15) is 14.7 Å². The van der Waals surface area contributed by atoms with Gasteiger partial charge in [-0.3, -0.25) is 9.59 Å². The van der Waals surface area contributed by atoms with Crippen LogP contribution >= 0.6 is 0 Å². The van der Waals surface area contributed by atoms with E-state index in [1.54, 1.807) is 12.1 Å². The zero-order valence-corrected chi connectivity index (χ0v) is 8.77. The number of hydrogen-bond acceptors (Lipinski definition) is 4. The third-order valence-electron chi connectivity index (χ3n) is 2.15. The first kappa shape index (κ1) is 11.0. The summed E-state index contributed by atoms with van der Waals surface area (Å²) < 4.78 is 5.03. The Hall–Kier alpha value is -2.50. The van der Waals surface area contributed by atoms with Crippen molar-refractivity contribution in [2.24, 2.45) is 0 Å². The number of hydrogen-bond donors (Lipinski definition) is 3. The van der Waals surface area contributed by atoms with Gasteiger partial charge < -0.3 is 19.8 Å². The second kappa shape index (κ2) is 4.56. The molecule has 0 saturated carbocycles. The Balaban J connectivity index is 2.07. The van der Waals surface area contributed by atoms with E-state index in [0.717, 1.165) is 12.3 Å². The highest BCUT2D eigenvalue weighted by molar-refractivity contribution is 5.96. The number of nitrogens with one attached hydrogen (secondary N) is 2. The summed E-state index contributed by atoms with van der Waals surface area (Å²) in [6.45, 7) is 0.213. The first-order valence-corrected chi connectivity index (χ1v) is 4.89. The summed E-state index contributed by atoms with van der Waals surface area (Å²) in [6.07, 6.45) is 2.66. The normalized spacial score (nSPS) is 10.1. The number of amides is 1. The molecule has 2 rings (SSSR count). The standard InChI is InChI=1S/C11H10N2O4/c14-9-4-10(15)12-6-8(9)11(16)13-5-7-2-1-3-17-7/h1-4,6H,5H2,(H,13,16)(H2,12,14,15). The SMILES string of the molecule is O=C(NCc1ccco1)c1c[nH]c(=O)cc1O. The van der Waals surface area contributed by atoms with Crippen LogP contribution in [0, 0.1) is 0 Å². The molecular formula is C11H10N2O4. The Morgan fingerprint density at radius 3 is 3.00 bits per heavy atom. The lowest BCUT2D eigenvalue weighted by atomic mass is 10.2. The number of carbonyl (C=O) groups is 1. The van der Waals surface area contributed by atoms with Crippen molar-refractivity contribution in [3.63, 3.8) is 0 Å². The molecule has 2 aromatic heterocycles. The summed E-state index contributed by atoms with van der Waals surface area (Å²) >= 11 is 0. The van der Waals surface area contributed by atoms with Gasteiger partial charge in [-0.2, -0.15) is 0 Å². The van der Waals surface area contributed by atoms with Gasteiger partial charge in [-0.25, -0.2) is 0 Å². The van der Waals surface area contributed by atoms with Crippen molar-refractivity contribution in [3.05, 3.63) is 52.3 Å². The molecule has 0 fully saturated rings. The van der Waals surface area contributed by atoms with Gasteiger partial charge in [0.25, 0.3) is 11.5 Å². The van der Waals surface area contributed by atoms with Crippen molar-refractivity contribution in [1.29, 1.82) is 0 Å². The molecule has 1 amide bonds. The van der Waals surface area contributed by atoms with Gasteiger partial charge in [-0.1, -0.05) is 0 Å². The maximum Gasteiger partial charge on any atom is 0.256 e. The molecule has 17 heavy (non-hydrogen) atoms. The van der Waals surface area contributed by atoms with E-state index in [1.165, 1.54) is 6.26 Å². The Morgan fingerprint density at radius 2 is 2.35 bits per heavy atom. The van der Waals surface area contributed by atoms with E-state index in [4.69, 9.17) is 4.42 Å². The van der Waals surface area contributed by atoms with Crippen LogP contribution in [0.15, 0.2) is 39.9 Å². The summed E-state index contributed by atoms with van der Waals surface area (Å²) in [5, 5.41) is 12.0. The van der Waals surface area contributed by atoms with Gasteiger partial charge in [0.2, 0.25) is 0 Å². The van der Waals surface area contributed by atoms with Crippen LogP contribution in [0.3, 0.4) is 0 Å². The number of aromatic amines is 1. The molecule has 88 valence electrons. The van der Waals surface area contributed by atoms with Crippen molar-refractivity contribution in [1.82, 2.24) is 10.3 Å².